The van der Waals surface area contributed by atoms with E-state index in [9.17, 15) is 39.6 Å². The number of terminal acetylenes is 1. The normalized spacial score (nSPS) is 22.3. The molecule has 7 N–H and O–H groups in total. The molecule has 7 atom stereocenters. The van der Waals surface area contributed by atoms with Crippen molar-refractivity contribution in [1.29, 1.82) is 0 Å². The Morgan fingerprint density at radius 3 is 2.17 bits per heavy atom. The second-order valence-corrected chi connectivity index (χ2v) is 11.7. The molecule has 3 rings (SSSR count). The van der Waals surface area contributed by atoms with E-state index in [1.807, 2.05) is 42.5 Å². The van der Waals surface area contributed by atoms with Crippen LogP contribution in [0, 0.1) is 12.3 Å². The predicted octanol–water partition coefficient (Wildman–Crippen LogP) is -1.58. The number of amides is 3. The minimum absolute atomic E-state index is 0.0539. The molecule has 0 unspecified atom stereocenters. The third-order valence-electron chi connectivity index (χ3n) is 8.14. The summed E-state index contributed by atoms with van der Waals surface area (Å²) in [7, 11) is 0.979. The Morgan fingerprint density at radius 1 is 0.904 bits per heavy atom. The van der Waals surface area contributed by atoms with Crippen LogP contribution in [0.1, 0.15) is 18.9 Å². The monoisotopic (exact) mass is 729 g/mol. The van der Waals surface area contributed by atoms with Crippen LogP contribution in [0.5, 0.6) is 0 Å². The molecule has 0 spiro atoms. The SMILES string of the molecule is C#CCOCCOCCO[C@@]1(C(=O)OC)O[C@@H]([C@H](O)[C@H](O)CNC(=O)Cc2ccc(-c3ccccc3)cc2)[C@H](NC(=O)CO)[C@@H](NC(=O)CC)[C@@H]1O. The number of carbonyl (C=O) groups excluding carboxylic acids is 4. The maximum atomic E-state index is 13.3. The minimum Gasteiger partial charge on any atom is -0.465 e. The summed E-state index contributed by atoms with van der Waals surface area (Å²) in [6.45, 7) is -0.248. The number of aliphatic hydroxyl groups is 4. The van der Waals surface area contributed by atoms with Crippen LogP contribution in [0.3, 0.4) is 0 Å². The van der Waals surface area contributed by atoms with E-state index in [0.29, 0.717) is 5.56 Å². The first-order chi connectivity index (χ1) is 25.0. The van der Waals surface area contributed by atoms with Crippen LogP contribution in [0.15, 0.2) is 54.6 Å². The van der Waals surface area contributed by atoms with Gasteiger partial charge < -0.3 is 60.1 Å². The zero-order chi connectivity index (χ0) is 38.1. The topological polar surface area (TPSA) is 231 Å². The lowest BCUT2D eigenvalue weighted by Gasteiger charge is -2.51. The molecule has 284 valence electrons. The van der Waals surface area contributed by atoms with Crippen LogP contribution >= 0.6 is 0 Å². The maximum Gasteiger partial charge on any atom is 0.369 e. The van der Waals surface area contributed by atoms with Crippen molar-refractivity contribution >= 4 is 23.7 Å². The second-order valence-electron chi connectivity index (χ2n) is 11.7. The zero-order valence-corrected chi connectivity index (χ0v) is 29.1. The molecule has 16 nitrogen and oxygen atoms in total. The fourth-order valence-electron chi connectivity index (χ4n) is 5.47. The lowest BCUT2D eigenvalue weighted by atomic mass is 9.84. The van der Waals surface area contributed by atoms with Gasteiger partial charge in [0, 0.05) is 13.0 Å². The fraction of sp³-hybridized carbons (Fsp3) is 0.500. The number of rotatable bonds is 20. The van der Waals surface area contributed by atoms with Gasteiger partial charge in [-0.3, -0.25) is 14.4 Å². The van der Waals surface area contributed by atoms with Gasteiger partial charge in [-0.05, 0) is 16.7 Å². The highest BCUT2D eigenvalue weighted by Crippen LogP contribution is 2.35. The van der Waals surface area contributed by atoms with Gasteiger partial charge in [-0.1, -0.05) is 67.4 Å². The van der Waals surface area contributed by atoms with E-state index in [0.717, 1.165) is 18.2 Å². The first-order valence-corrected chi connectivity index (χ1v) is 16.6. The van der Waals surface area contributed by atoms with E-state index in [1.165, 1.54) is 6.92 Å². The van der Waals surface area contributed by atoms with Crippen molar-refractivity contribution in [3.63, 3.8) is 0 Å². The van der Waals surface area contributed by atoms with Crippen LogP contribution in [0.2, 0.25) is 0 Å². The van der Waals surface area contributed by atoms with Crippen LogP contribution in [-0.2, 0) is 49.3 Å². The van der Waals surface area contributed by atoms with Gasteiger partial charge in [0.15, 0.2) is 0 Å². The van der Waals surface area contributed by atoms with E-state index < -0.39 is 85.7 Å². The van der Waals surface area contributed by atoms with E-state index in [4.69, 9.17) is 30.1 Å². The van der Waals surface area contributed by atoms with Gasteiger partial charge in [-0.25, -0.2) is 4.79 Å². The Labute approximate surface area is 301 Å². The number of carbonyl (C=O) groups is 4. The van der Waals surface area contributed by atoms with Crippen molar-refractivity contribution in [2.45, 2.75) is 62.1 Å². The summed E-state index contributed by atoms with van der Waals surface area (Å²) in [4.78, 5) is 51.2. The first kappa shape index (κ1) is 42.0. The summed E-state index contributed by atoms with van der Waals surface area (Å²) < 4.78 is 27.1. The lowest BCUT2D eigenvalue weighted by molar-refractivity contribution is -0.335. The Hall–Kier alpha value is -4.44. The van der Waals surface area contributed by atoms with Crippen molar-refractivity contribution < 1.29 is 63.3 Å². The van der Waals surface area contributed by atoms with Crippen LogP contribution in [0.4, 0.5) is 0 Å². The number of ether oxygens (including phenoxy) is 5. The van der Waals surface area contributed by atoms with Crippen molar-refractivity contribution in [3.8, 4) is 23.5 Å². The molecular formula is C36H47N3O13. The summed E-state index contributed by atoms with van der Waals surface area (Å²) in [6, 6.07) is 13.8. The second kappa shape index (κ2) is 21.2. The molecule has 16 heteroatoms. The molecule has 0 radical (unpaired) electrons. The van der Waals surface area contributed by atoms with Gasteiger partial charge in [0.1, 0.15) is 31.5 Å². The number of nitrogens with one attached hydrogen (secondary N) is 3. The van der Waals surface area contributed by atoms with Crippen molar-refractivity contribution in [1.82, 2.24) is 16.0 Å². The average molecular weight is 730 g/mol. The van der Waals surface area contributed by atoms with Crippen molar-refractivity contribution in [2.75, 3.05) is 53.3 Å². The smallest absolute Gasteiger partial charge is 0.369 e. The Balaban J connectivity index is 1.81. The van der Waals surface area contributed by atoms with E-state index in [1.54, 1.807) is 12.1 Å². The van der Waals surface area contributed by atoms with Gasteiger partial charge in [0.2, 0.25) is 17.7 Å². The number of benzene rings is 2. The van der Waals surface area contributed by atoms with Crippen molar-refractivity contribution in [3.05, 3.63) is 60.2 Å². The maximum absolute atomic E-state index is 13.3. The molecule has 2 aromatic rings. The largest absolute Gasteiger partial charge is 0.465 e. The third kappa shape index (κ3) is 11.5. The quantitative estimate of drug-likeness (QED) is 0.0464. The molecule has 1 aliphatic heterocycles. The number of hydrogen-bond acceptors (Lipinski definition) is 13. The van der Waals surface area contributed by atoms with E-state index >= 15 is 0 Å². The number of methoxy groups -OCH3 is 1. The first-order valence-electron chi connectivity index (χ1n) is 16.6. The standard InChI is InChI=1S/C36H47N3O13/c1-4-15-49-16-17-50-18-19-51-36(35(47)48-3)34(46)31(38-27(42)5-2)30(39-29(44)22-40)33(52-36)32(45)26(41)21-37-28(43)20-23-11-13-25(14-12-23)24-9-7-6-8-10-24/h1,6-14,26,30-34,40-41,45-46H,5,15-22H2,2-3H3,(H,37,43)(H,38,42)(H,39,44)/t26-,30-,31-,32-,33-,34+,36-/m1/s1. The lowest BCUT2D eigenvalue weighted by Crippen LogP contribution is -2.77. The van der Waals surface area contributed by atoms with Gasteiger partial charge in [-0.2, -0.15) is 0 Å². The molecule has 3 amide bonds. The molecular weight excluding hydrogens is 682 g/mol. The van der Waals surface area contributed by atoms with Crippen LogP contribution < -0.4 is 16.0 Å². The van der Waals surface area contributed by atoms with E-state index in [-0.39, 0.29) is 39.3 Å². The number of hydrogen-bond donors (Lipinski definition) is 7. The van der Waals surface area contributed by atoms with Gasteiger partial charge in [0.25, 0.3) is 5.79 Å². The Bertz CT molecular complexity index is 1490. The van der Waals surface area contributed by atoms with Crippen LogP contribution in [-0.4, -0.2) is 140 Å². The molecule has 0 aromatic heterocycles. The summed E-state index contributed by atoms with van der Waals surface area (Å²) in [5.74, 6) is -3.83. The number of esters is 1. The third-order valence-corrected chi connectivity index (χ3v) is 8.14. The van der Waals surface area contributed by atoms with Crippen LogP contribution in [0.25, 0.3) is 11.1 Å². The molecule has 0 aliphatic carbocycles. The Kier molecular flexibility index (Phi) is 17.1. The van der Waals surface area contributed by atoms with Gasteiger partial charge >= 0.3 is 5.97 Å². The summed E-state index contributed by atoms with van der Waals surface area (Å²) in [5.41, 5.74) is 2.65. The molecule has 52 heavy (non-hydrogen) atoms. The highest BCUT2D eigenvalue weighted by atomic mass is 16.7. The summed E-state index contributed by atoms with van der Waals surface area (Å²) in [6.07, 6.45) is -2.69. The van der Waals surface area contributed by atoms with Crippen molar-refractivity contribution in [2.24, 2.45) is 0 Å². The molecule has 2 aromatic carbocycles. The van der Waals surface area contributed by atoms with Gasteiger partial charge in [-0.15, -0.1) is 6.42 Å². The molecule has 1 heterocycles. The minimum atomic E-state index is -2.73. The molecule has 1 fully saturated rings. The molecule has 1 saturated heterocycles. The molecule has 0 saturated carbocycles. The highest BCUT2D eigenvalue weighted by Gasteiger charge is 2.63. The fourth-order valence-corrected chi connectivity index (χ4v) is 5.47. The summed E-state index contributed by atoms with van der Waals surface area (Å²) >= 11 is 0. The molecule has 0 bridgehead atoms. The molecule has 1 aliphatic rings. The predicted molar refractivity (Wildman–Crippen MR) is 184 cm³/mol. The summed E-state index contributed by atoms with van der Waals surface area (Å²) in [5, 5.41) is 51.0. The number of aliphatic hydroxyl groups excluding tert-OH is 4. The zero-order valence-electron chi connectivity index (χ0n) is 29.1. The Morgan fingerprint density at radius 2 is 1.54 bits per heavy atom. The van der Waals surface area contributed by atoms with Gasteiger partial charge in [0.05, 0.1) is 58.1 Å². The van der Waals surface area contributed by atoms with E-state index in [2.05, 4.69) is 21.9 Å². The average Bonchev–Trinajstić information content (AvgIpc) is 3.16. The highest BCUT2D eigenvalue weighted by molar-refractivity contribution is 5.81.